The third-order valence-electron chi connectivity index (χ3n) is 2.62. The Kier molecular flexibility index (Phi) is 2.63. The first-order chi connectivity index (χ1) is 6.72. The van der Waals surface area contributed by atoms with E-state index in [-0.39, 0.29) is 0 Å². The van der Waals surface area contributed by atoms with Gasteiger partial charge in [0.05, 0.1) is 0 Å². The predicted molar refractivity (Wildman–Crippen MR) is 59.6 cm³/mol. The van der Waals surface area contributed by atoms with Crippen molar-refractivity contribution >= 4 is 17.7 Å². The second-order valence-corrected chi connectivity index (χ2v) is 4.91. The van der Waals surface area contributed by atoms with Gasteiger partial charge in [-0.3, -0.25) is 0 Å². The second kappa shape index (κ2) is 3.77. The van der Waals surface area contributed by atoms with Gasteiger partial charge >= 0.3 is 0 Å². The summed E-state index contributed by atoms with van der Waals surface area (Å²) in [6.45, 7) is 3.28. The fourth-order valence-corrected chi connectivity index (χ4v) is 1.60. The van der Waals surface area contributed by atoms with Gasteiger partial charge in [-0.05, 0) is 30.6 Å². The van der Waals surface area contributed by atoms with Crippen molar-refractivity contribution in [3.63, 3.8) is 0 Å². The molecule has 1 aliphatic carbocycles. The number of nitrogens with one attached hydrogen (secondary N) is 1. The summed E-state index contributed by atoms with van der Waals surface area (Å²) in [6.07, 6.45) is 6.47. The lowest BCUT2D eigenvalue weighted by Crippen LogP contribution is -2.13. The minimum Gasteiger partial charge on any atom is -0.354 e. The third kappa shape index (κ3) is 2.38. The fraction of sp³-hybridized carbons (Fsp3) is 0.600. The molecule has 0 aliphatic heterocycles. The van der Waals surface area contributed by atoms with Crippen LogP contribution in [0, 0.1) is 5.41 Å². The van der Waals surface area contributed by atoms with Crippen LogP contribution in [-0.4, -0.2) is 22.8 Å². The summed E-state index contributed by atoms with van der Waals surface area (Å²) in [5, 5.41) is 4.30. The molecule has 1 aromatic heterocycles. The first-order valence-corrected chi connectivity index (χ1v) is 6.05. The van der Waals surface area contributed by atoms with Gasteiger partial charge in [0.2, 0.25) is 5.95 Å². The smallest absolute Gasteiger partial charge is 0.223 e. The topological polar surface area (TPSA) is 37.8 Å². The Bertz CT molecular complexity index is 323. The van der Waals surface area contributed by atoms with E-state index in [2.05, 4.69) is 22.2 Å². The molecule has 2 rings (SSSR count). The summed E-state index contributed by atoms with van der Waals surface area (Å²) in [4.78, 5) is 8.55. The molecule has 0 radical (unpaired) electrons. The summed E-state index contributed by atoms with van der Waals surface area (Å²) in [5.41, 5.74) is 0.499. The van der Waals surface area contributed by atoms with Crippen molar-refractivity contribution < 1.29 is 0 Å². The van der Waals surface area contributed by atoms with Gasteiger partial charge in [-0.25, -0.2) is 9.97 Å². The lowest BCUT2D eigenvalue weighted by Gasteiger charge is -2.09. The van der Waals surface area contributed by atoms with Crippen LogP contribution in [0.5, 0.6) is 0 Å². The first-order valence-electron chi connectivity index (χ1n) is 4.83. The SMILES string of the molecule is CSc1ccnc(NCC2(C)CC2)n1. The van der Waals surface area contributed by atoms with Crippen molar-refractivity contribution in [3.05, 3.63) is 12.3 Å². The molecule has 1 fully saturated rings. The van der Waals surface area contributed by atoms with Gasteiger partial charge in [-0.1, -0.05) is 6.92 Å². The van der Waals surface area contributed by atoms with E-state index >= 15 is 0 Å². The van der Waals surface area contributed by atoms with Crippen molar-refractivity contribution in [2.75, 3.05) is 18.1 Å². The third-order valence-corrected chi connectivity index (χ3v) is 3.26. The molecule has 0 saturated heterocycles. The van der Waals surface area contributed by atoms with Gasteiger partial charge in [-0.15, -0.1) is 11.8 Å². The highest BCUT2D eigenvalue weighted by atomic mass is 32.2. The van der Waals surface area contributed by atoms with E-state index in [0.717, 1.165) is 17.5 Å². The number of hydrogen-bond donors (Lipinski definition) is 1. The minimum atomic E-state index is 0.499. The van der Waals surface area contributed by atoms with E-state index in [4.69, 9.17) is 0 Å². The second-order valence-electron chi connectivity index (χ2n) is 4.09. The molecule has 0 unspecified atom stereocenters. The Hall–Kier alpha value is -0.770. The zero-order valence-corrected chi connectivity index (χ0v) is 9.40. The standard InChI is InChI=1S/C10H15N3S/c1-10(4-5-10)7-12-9-11-6-3-8(13-9)14-2/h3,6H,4-5,7H2,1-2H3,(H,11,12,13). The lowest BCUT2D eigenvalue weighted by molar-refractivity contribution is 0.607. The Morgan fingerprint density at radius 3 is 3.00 bits per heavy atom. The molecule has 0 bridgehead atoms. The van der Waals surface area contributed by atoms with E-state index in [1.54, 1.807) is 18.0 Å². The van der Waals surface area contributed by atoms with Gasteiger partial charge in [0.15, 0.2) is 0 Å². The summed E-state index contributed by atoms with van der Waals surface area (Å²) in [5.74, 6) is 0.755. The highest BCUT2D eigenvalue weighted by Gasteiger charge is 2.36. The van der Waals surface area contributed by atoms with Gasteiger partial charge in [-0.2, -0.15) is 0 Å². The molecule has 1 N–H and O–H groups in total. The summed E-state index contributed by atoms with van der Waals surface area (Å²) in [7, 11) is 0. The van der Waals surface area contributed by atoms with Crippen LogP contribution in [0.1, 0.15) is 19.8 Å². The highest BCUT2D eigenvalue weighted by Crippen LogP contribution is 2.44. The molecule has 0 amide bonds. The normalized spacial score (nSPS) is 17.9. The Morgan fingerprint density at radius 2 is 2.36 bits per heavy atom. The quantitative estimate of drug-likeness (QED) is 0.610. The Labute approximate surface area is 88.7 Å². The van der Waals surface area contributed by atoms with Crippen LogP contribution in [0.25, 0.3) is 0 Å². The minimum absolute atomic E-state index is 0.499. The predicted octanol–water partition coefficient (Wildman–Crippen LogP) is 2.41. The van der Waals surface area contributed by atoms with Crippen molar-refractivity contribution in [2.45, 2.75) is 24.8 Å². The van der Waals surface area contributed by atoms with E-state index in [1.165, 1.54) is 12.8 Å². The molecular weight excluding hydrogens is 194 g/mol. The summed E-state index contributed by atoms with van der Waals surface area (Å²) >= 11 is 1.64. The van der Waals surface area contributed by atoms with E-state index in [0.29, 0.717) is 5.41 Å². The largest absolute Gasteiger partial charge is 0.354 e. The molecule has 1 aromatic rings. The number of anilines is 1. The molecule has 0 atom stereocenters. The maximum atomic E-state index is 4.36. The zero-order chi connectivity index (χ0) is 10.0. The number of aromatic nitrogens is 2. The number of rotatable bonds is 4. The van der Waals surface area contributed by atoms with Crippen LogP contribution < -0.4 is 5.32 Å². The van der Waals surface area contributed by atoms with Crippen LogP contribution in [0.3, 0.4) is 0 Å². The van der Waals surface area contributed by atoms with Crippen LogP contribution in [0.2, 0.25) is 0 Å². The number of nitrogens with zero attached hydrogens (tertiary/aromatic N) is 2. The molecule has 1 aliphatic rings. The summed E-state index contributed by atoms with van der Waals surface area (Å²) < 4.78 is 0. The zero-order valence-electron chi connectivity index (χ0n) is 8.58. The van der Waals surface area contributed by atoms with E-state index in [9.17, 15) is 0 Å². The van der Waals surface area contributed by atoms with Gasteiger partial charge in [0, 0.05) is 12.7 Å². The molecule has 1 heterocycles. The Balaban J connectivity index is 1.94. The lowest BCUT2D eigenvalue weighted by atomic mass is 10.1. The van der Waals surface area contributed by atoms with Crippen molar-refractivity contribution in [1.82, 2.24) is 9.97 Å². The van der Waals surface area contributed by atoms with Crippen LogP contribution in [0.15, 0.2) is 17.3 Å². The van der Waals surface area contributed by atoms with E-state index < -0.39 is 0 Å². The molecule has 3 nitrogen and oxygen atoms in total. The Morgan fingerprint density at radius 1 is 1.57 bits per heavy atom. The summed E-state index contributed by atoms with van der Waals surface area (Å²) in [6, 6.07) is 1.93. The molecule has 4 heteroatoms. The molecule has 0 aromatic carbocycles. The van der Waals surface area contributed by atoms with Crippen molar-refractivity contribution in [2.24, 2.45) is 5.41 Å². The molecule has 76 valence electrons. The van der Waals surface area contributed by atoms with Crippen LogP contribution >= 0.6 is 11.8 Å². The molecule has 14 heavy (non-hydrogen) atoms. The maximum absolute atomic E-state index is 4.36. The number of hydrogen-bond acceptors (Lipinski definition) is 4. The average molecular weight is 209 g/mol. The monoisotopic (exact) mass is 209 g/mol. The average Bonchev–Trinajstić information content (AvgIpc) is 2.95. The molecular formula is C10H15N3S. The fourth-order valence-electron chi connectivity index (χ4n) is 1.22. The van der Waals surface area contributed by atoms with E-state index in [1.807, 2.05) is 12.3 Å². The molecule has 0 spiro atoms. The van der Waals surface area contributed by atoms with Crippen LogP contribution in [0.4, 0.5) is 5.95 Å². The van der Waals surface area contributed by atoms with Crippen molar-refractivity contribution in [1.29, 1.82) is 0 Å². The highest BCUT2D eigenvalue weighted by molar-refractivity contribution is 7.98. The van der Waals surface area contributed by atoms with Crippen LogP contribution in [-0.2, 0) is 0 Å². The van der Waals surface area contributed by atoms with Gasteiger partial charge < -0.3 is 5.32 Å². The number of thioether (sulfide) groups is 1. The van der Waals surface area contributed by atoms with Crippen molar-refractivity contribution in [3.8, 4) is 0 Å². The van der Waals surface area contributed by atoms with Gasteiger partial charge in [0.1, 0.15) is 5.03 Å². The maximum Gasteiger partial charge on any atom is 0.223 e. The first kappa shape index (κ1) is 9.77. The molecule has 1 saturated carbocycles. The van der Waals surface area contributed by atoms with Gasteiger partial charge in [0.25, 0.3) is 0 Å².